The summed E-state index contributed by atoms with van der Waals surface area (Å²) in [4.78, 5) is 24.1. The quantitative estimate of drug-likeness (QED) is 0.492. The van der Waals surface area contributed by atoms with Crippen LogP contribution in [0.15, 0.2) is 48.8 Å². The molecule has 5 nitrogen and oxygen atoms in total. The Morgan fingerprint density at radius 3 is 2.73 bits per heavy atom. The molecule has 2 aromatic heterocycles. The number of imidazole rings is 1. The van der Waals surface area contributed by atoms with Crippen LogP contribution in [0.5, 0.6) is 0 Å². The summed E-state index contributed by atoms with van der Waals surface area (Å²) < 4.78 is 5.40. The van der Waals surface area contributed by atoms with E-state index in [0.717, 1.165) is 29.7 Å². The number of carbonyl (C=O) groups excluding carboxylic acids is 1. The zero-order chi connectivity index (χ0) is 18.4. The molecule has 2 heterocycles. The van der Waals surface area contributed by atoms with Crippen molar-refractivity contribution in [2.75, 3.05) is 6.61 Å². The number of aryl methyl sites for hydroxylation is 2. The summed E-state index contributed by atoms with van der Waals surface area (Å²) in [5, 5.41) is 0.657. The van der Waals surface area contributed by atoms with Crippen molar-refractivity contribution in [3.05, 3.63) is 70.8 Å². The Morgan fingerprint density at radius 1 is 1.23 bits per heavy atom. The molecule has 134 valence electrons. The van der Waals surface area contributed by atoms with Crippen LogP contribution in [0.4, 0.5) is 0 Å². The molecule has 0 atom stereocenters. The maximum Gasteiger partial charge on any atom is 0.358 e. The average Bonchev–Trinajstić information content (AvgIpc) is 3.11. The van der Waals surface area contributed by atoms with Crippen molar-refractivity contribution in [1.82, 2.24) is 15.0 Å². The molecule has 0 radical (unpaired) electrons. The van der Waals surface area contributed by atoms with Crippen molar-refractivity contribution in [3.63, 3.8) is 0 Å². The average molecular weight is 370 g/mol. The van der Waals surface area contributed by atoms with E-state index in [-0.39, 0.29) is 0 Å². The first-order valence-corrected chi connectivity index (χ1v) is 8.96. The molecule has 0 fully saturated rings. The van der Waals surface area contributed by atoms with Gasteiger partial charge in [0.25, 0.3) is 0 Å². The Labute approximate surface area is 157 Å². The van der Waals surface area contributed by atoms with Gasteiger partial charge in [0.2, 0.25) is 0 Å². The number of hydrogen-bond acceptors (Lipinski definition) is 4. The second-order valence-corrected chi connectivity index (χ2v) is 6.31. The van der Waals surface area contributed by atoms with Gasteiger partial charge in [-0.3, -0.25) is 4.98 Å². The first kappa shape index (κ1) is 18.1. The Bertz CT molecular complexity index is 861. The SMILES string of the molecule is CCc1[nH]c(-c2ccc(Cl)cc2)nc1C(=O)OCCCc1cccnc1. The van der Waals surface area contributed by atoms with E-state index >= 15 is 0 Å². The number of benzene rings is 1. The highest BCUT2D eigenvalue weighted by molar-refractivity contribution is 6.30. The van der Waals surface area contributed by atoms with Crippen LogP contribution in [0, 0.1) is 0 Å². The minimum absolute atomic E-state index is 0.346. The smallest absolute Gasteiger partial charge is 0.358 e. The molecule has 1 aromatic carbocycles. The predicted molar refractivity (Wildman–Crippen MR) is 101 cm³/mol. The number of hydrogen-bond donors (Lipinski definition) is 1. The molecule has 0 aliphatic rings. The number of aromatic nitrogens is 3. The van der Waals surface area contributed by atoms with Gasteiger partial charge in [0.1, 0.15) is 5.82 Å². The zero-order valence-corrected chi connectivity index (χ0v) is 15.3. The molecule has 0 aliphatic carbocycles. The molecule has 0 saturated carbocycles. The normalized spacial score (nSPS) is 10.7. The fourth-order valence-electron chi connectivity index (χ4n) is 2.63. The molecule has 0 saturated heterocycles. The lowest BCUT2D eigenvalue weighted by Gasteiger charge is -2.04. The lowest BCUT2D eigenvalue weighted by atomic mass is 10.2. The summed E-state index contributed by atoms with van der Waals surface area (Å²) in [6.45, 7) is 2.32. The molecular formula is C20H20ClN3O2. The summed E-state index contributed by atoms with van der Waals surface area (Å²) >= 11 is 5.92. The minimum Gasteiger partial charge on any atom is -0.461 e. The number of halogens is 1. The van der Waals surface area contributed by atoms with Crippen LogP contribution in [-0.4, -0.2) is 27.5 Å². The molecule has 0 bridgehead atoms. The molecule has 3 rings (SSSR count). The number of nitrogens with zero attached hydrogens (tertiary/aromatic N) is 2. The second-order valence-electron chi connectivity index (χ2n) is 5.87. The molecule has 6 heteroatoms. The maximum atomic E-state index is 12.4. The van der Waals surface area contributed by atoms with Crippen LogP contribution in [0.3, 0.4) is 0 Å². The highest BCUT2D eigenvalue weighted by Gasteiger charge is 2.18. The lowest BCUT2D eigenvalue weighted by molar-refractivity contribution is 0.0493. The molecule has 0 spiro atoms. The van der Waals surface area contributed by atoms with Gasteiger partial charge in [0.15, 0.2) is 5.69 Å². The molecule has 26 heavy (non-hydrogen) atoms. The van der Waals surface area contributed by atoms with Crippen LogP contribution in [0.1, 0.15) is 35.1 Å². The van der Waals surface area contributed by atoms with Crippen molar-refractivity contribution in [3.8, 4) is 11.4 Å². The molecule has 0 aliphatic heterocycles. The summed E-state index contributed by atoms with van der Waals surface area (Å²) in [6.07, 6.45) is 5.79. The standard InChI is InChI=1S/C20H20ClN3O2/c1-2-17-18(24-19(23-17)15-7-9-16(21)10-8-15)20(25)26-12-4-6-14-5-3-11-22-13-14/h3,5,7-11,13H,2,4,6,12H2,1H3,(H,23,24). The Morgan fingerprint density at radius 2 is 2.04 bits per heavy atom. The molecule has 0 amide bonds. The van der Waals surface area contributed by atoms with Crippen LogP contribution in [-0.2, 0) is 17.6 Å². The Hall–Kier alpha value is -2.66. The van der Waals surface area contributed by atoms with Crippen LogP contribution in [0.2, 0.25) is 5.02 Å². The Kier molecular flexibility index (Phi) is 6.02. The van der Waals surface area contributed by atoms with E-state index in [1.807, 2.05) is 37.4 Å². The first-order chi connectivity index (χ1) is 12.7. The van der Waals surface area contributed by atoms with E-state index in [2.05, 4.69) is 15.0 Å². The summed E-state index contributed by atoms with van der Waals surface area (Å²) in [6, 6.07) is 11.2. The van der Waals surface area contributed by atoms with E-state index in [0.29, 0.717) is 29.6 Å². The van der Waals surface area contributed by atoms with E-state index in [4.69, 9.17) is 16.3 Å². The number of aromatic amines is 1. The van der Waals surface area contributed by atoms with Crippen molar-refractivity contribution in [1.29, 1.82) is 0 Å². The predicted octanol–water partition coefficient (Wildman–Crippen LogP) is 4.48. The molecular weight excluding hydrogens is 350 g/mol. The number of H-pyrrole nitrogens is 1. The van der Waals surface area contributed by atoms with Gasteiger partial charge >= 0.3 is 5.97 Å². The van der Waals surface area contributed by atoms with Gasteiger partial charge in [-0.15, -0.1) is 0 Å². The fraction of sp³-hybridized carbons (Fsp3) is 0.250. The Balaban J connectivity index is 1.62. The minimum atomic E-state index is -0.399. The number of pyridine rings is 1. The van der Waals surface area contributed by atoms with Gasteiger partial charge in [-0.25, -0.2) is 9.78 Å². The zero-order valence-electron chi connectivity index (χ0n) is 14.5. The van der Waals surface area contributed by atoms with Crippen molar-refractivity contribution in [2.24, 2.45) is 0 Å². The molecule has 3 aromatic rings. The third-order valence-electron chi connectivity index (χ3n) is 4.01. The monoisotopic (exact) mass is 369 g/mol. The fourth-order valence-corrected chi connectivity index (χ4v) is 2.76. The highest BCUT2D eigenvalue weighted by Crippen LogP contribution is 2.21. The lowest BCUT2D eigenvalue weighted by Crippen LogP contribution is -2.10. The molecule has 1 N–H and O–H groups in total. The van der Waals surface area contributed by atoms with Crippen molar-refractivity contribution < 1.29 is 9.53 Å². The second kappa shape index (κ2) is 8.63. The van der Waals surface area contributed by atoms with Gasteiger partial charge in [0.05, 0.1) is 6.61 Å². The van der Waals surface area contributed by atoms with Gasteiger partial charge in [-0.2, -0.15) is 0 Å². The number of nitrogens with one attached hydrogen (secondary N) is 1. The summed E-state index contributed by atoms with van der Waals surface area (Å²) in [5.41, 5.74) is 3.12. The summed E-state index contributed by atoms with van der Waals surface area (Å²) in [7, 11) is 0. The number of esters is 1. The third-order valence-corrected chi connectivity index (χ3v) is 4.26. The number of rotatable bonds is 7. The van der Waals surface area contributed by atoms with E-state index in [1.165, 1.54) is 0 Å². The van der Waals surface area contributed by atoms with Crippen LogP contribution in [0.25, 0.3) is 11.4 Å². The highest BCUT2D eigenvalue weighted by atomic mass is 35.5. The van der Waals surface area contributed by atoms with Gasteiger partial charge in [-0.1, -0.05) is 24.6 Å². The summed E-state index contributed by atoms with van der Waals surface area (Å²) in [5.74, 6) is 0.241. The van der Waals surface area contributed by atoms with Crippen LogP contribution < -0.4 is 0 Å². The first-order valence-electron chi connectivity index (χ1n) is 8.58. The number of carbonyl (C=O) groups is 1. The third kappa shape index (κ3) is 4.49. The van der Waals surface area contributed by atoms with Gasteiger partial charge in [0, 0.05) is 28.7 Å². The number of ether oxygens (including phenoxy) is 1. The van der Waals surface area contributed by atoms with E-state index in [9.17, 15) is 4.79 Å². The topological polar surface area (TPSA) is 67.9 Å². The van der Waals surface area contributed by atoms with Gasteiger partial charge < -0.3 is 9.72 Å². The molecule has 0 unspecified atom stereocenters. The maximum absolute atomic E-state index is 12.4. The van der Waals surface area contributed by atoms with E-state index < -0.39 is 5.97 Å². The van der Waals surface area contributed by atoms with E-state index in [1.54, 1.807) is 18.3 Å². The van der Waals surface area contributed by atoms with Crippen LogP contribution >= 0.6 is 11.6 Å². The van der Waals surface area contributed by atoms with Gasteiger partial charge in [-0.05, 0) is 55.2 Å². The largest absolute Gasteiger partial charge is 0.461 e. The van der Waals surface area contributed by atoms with Crippen molar-refractivity contribution in [2.45, 2.75) is 26.2 Å². The van der Waals surface area contributed by atoms with Crippen molar-refractivity contribution >= 4 is 17.6 Å².